The Hall–Kier alpha value is -2.32. The Balaban J connectivity index is 1.96. The van der Waals surface area contributed by atoms with Crippen molar-refractivity contribution in [2.75, 3.05) is 27.3 Å². The van der Waals surface area contributed by atoms with Gasteiger partial charge in [-0.05, 0) is 24.6 Å². The third-order valence-corrected chi connectivity index (χ3v) is 5.96. The molecule has 1 aromatic carbocycles. The predicted molar refractivity (Wildman–Crippen MR) is 102 cm³/mol. The van der Waals surface area contributed by atoms with E-state index in [4.69, 9.17) is 14.2 Å². The lowest BCUT2D eigenvalue weighted by Gasteiger charge is -2.33. The maximum absolute atomic E-state index is 12.1. The molecule has 1 amide bonds. The molecular weight excluding hydrogens is 368 g/mol. The van der Waals surface area contributed by atoms with Crippen LogP contribution >= 0.6 is 11.3 Å². The third kappa shape index (κ3) is 3.72. The van der Waals surface area contributed by atoms with Crippen LogP contribution in [-0.2, 0) is 4.74 Å². The van der Waals surface area contributed by atoms with Gasteiger partial charge in [-0.25, -0.2) is 9.78 Å². The van der Waals surface area contributed by atoms with Crippen molar-refractivity contribution in [3.05, 3.63) is 35.3 Å². The molecule has 27 heavy (non-hydrogen) atoms. The SMILES string of the molecule is COC(=O)N1CC(c2ccc(OC)c(Oc3nccs3)c2)C(C)(C(C)O)C1. The molecule has 2 aromatic rings. The van der Waals surface area contributed by atoms with Gasteiger partial charge in [0.1, 0.15) is 0 Å². The molecule has 146 valence electrons. The van der Waals surface area contributed by atoms with Crippen molar-refractivity contribution < 1.29 is 24.1 Å². The van der Waals surface area contributed by atoms with Crippen molar-refractivity contribution in [2.45, 2.75) is 25.9 Å². The molecule has 1 aliphatic heterocycles. The summed E-state index contributed by atoms with van der Waals surface area (Å²) in [6.07, 6.45) is 0.672. The number of rotatable bonds is 5. The lowest BCUT2D eigenvalue weighted by Crippen LogP contribution is -2.38. The predicted octanol–water partition coefficient (Wildman–Crippen LogP) is 3.50. The number of thiazole rings is 1. The van der Waals surface area contributed by atoms with Crippen molar-refractivity contribution in [3.63, 3.8) is 0 Å². The van der Waals surface area contributed by atoms with E-state index in [0.29, 0.717) is 29.8 Å². The lowest BCUT2D eigenvalue weighted by atomic mass is 9.72. The number of carbonyl (C=O) groups is 1. The van der Waals surface area contributed by atoms with E-state index in [9.17, 15) is 9.90 Å². The van der Waals surface area contributed by atoms with E-state index in [2.05, 4.69) is 4.98 Å². The number of benzene rings is 1. The minimum atomic E-state index is -0.609. The van der Waals surface area contributed by atoms with Crippen LogP contribution < -0.4 is 9.47 Å². The van der Waals surface area contributed by atoms with Crippen LogP contribution in [0.4, 0.5) is 4.79 Å². The molecule has 1 aliphatic rings. The van der Waals surface area contributed by atoms with Crippen LogP contribution in [0.5, 0.6) is 16.7 Å². The Labute approximate surface area is 162 Å². The number of carbonyl (C=O) groups excluding carboxylic acids is 1. The smallest absolute Gasteiger partial charge is 0.409 e. The fourth-order valence-corrected chi connectivity index (χ4v) is 4.03. The topological polar surface area (TPSA) is 81.1 Å². The second-order valence-electron chi connectivity index (χ2n) is 6.90. The summed E-state index contributed by atoms with van der Waals surface area (Å²) in [6.45, 7) is 4.61. The molecule has 1 aromatic heterocycles. The molecule has 1 saturated heterocycles. The maximum atomic E-state index is 12.1. The van der Waals surface area contributed by atoms with E-state index in [1.165, 1.54) is 18.4 Å². The molecular formula is C19H24N2O5S. The minimum Gasteiger partial charge on any atom is -0.493 e. The first kappa shape index (κ1) is 19.4. The van der Waals surface area contributed by atoms with Crippen LogP contribution in [0.25, 0.3) is 0 Å². The molecule has 8 heteroatoms. The van der Waals surface area contributed by atoms with Crippen molar-refractivity contribution >= 4 is 17.4 Å². The summed E-state index contributed by atoms with van der Waals surface area (Å²) in [5, 5.41) is 12.8. The van der Waals surface area contributed by atoms with E-state index in [1.807, 2.05) is 30.5 Å². The molecule has 2 heterocycles. The van der Waals surface area contributed by atoms with Crippen LogP contribution in [-0.4, -0.2) is 54.5 Å². The van der Waals surface area contributed by atoms with Gasteiger partial charge in [0.2, 0.25) is 0 Å². The zero-order valence-corrected chi connectivity index (χ0v) is 16.7. The average Bonchev–Trinajstić information content (AvgIpc) is 3.29. The molecule has 0 aliphatic carbocycles. The highest BCUT2D eigenvalue weighted by molar-refractivity contribution is 7.11. The minimum absolute atomic E-state index is 0.0823. The summed E-state index contributed by atoms with van der Waals surface area (Å²) in [5.41, 5.74) is 0.443. The second kappa shape index (κ2) is 7.74. The highest BCUT2D eigenvalue weighted by Crippen LogP contribution is 2.47. The fourth-order valence-electron chi connectivity index (χ4n) is 3.54. The molecule has 0 spiro atoms. The first-order chi connectivity index (χ1) is 12.9. The van der Waals surface area contributed by atoms with Gasteiger partial charge >= 0.3 is 6.09 Å². The molecule has 1 fully saturated rings. The highest BCUT2D eigenvalue weighted by Gasteiger charge is 2.48. The number of aromatic nitrogens is 1. The Morgan fingerprint density at radius 3 is 2.78 bits per heavy atom. The Bertz CT molecular complexity index is 795. The molecule has 3 atom stereocenters. The van der Waals surface area contributed by atoms with Gasteiger partial charge in [0.05, 0.1) is 20.3 Å². The molecule has 0 saturated carbocycles. The van der Waals surface area contributed by atoms with Gasteiger partial charge in [-0.3, -0.25) is 0 Å². The van der Waals surface area contributed by atoms with Crippen LogP contribution in [0.3, 0.4) is 0 Å². The summed E-state index contributed by atoms with van der Waals surface area (Å²) in [5.74, 6) is 1.06. The fraction of sp³-hybridized carbons (Fsp3) is 0.474. The highest BCUT2D eigenvalue weighted by atomic mass is 32.1. The van der Waals surface area contributed by atoms with Gasteiger partial charge in [0.25, 0.3) is 5.19 Å². The van der Waals surface area contributed by atoms with Gasteiger partial charge in [-0.15, -0.1) is 0 Å². The largest absolute Gasteiger partial charge is 0.493 e. The molecule has 0 radical (unpaired) electrons. The first-order valence-electron chi connectivity index (χ1n) is 8.65. The average molecular weight is 392 g/mol. The van der Waals surface area contributed by atoms with Gasteiger partial charge in [0, 0.05) is 36.0 Å². The van der Waals surface area contributed by atoms with E-state index >= 15 is 0 Å². The third-order valence-electron chi connectivity index (χ3n) is 5.31. The van der Waals surface area contributed by atoms with Crippen molar-refractivity contribution in [2.24, 2.45) is 5.41 Å². The van der Waals surface area contributed by atoms with Crippen molar-refractivity contribution in [1.29, 1.82) is 0 Å². The lowest BCUT2D eigenvalue weighted by molar-refractivity contribution is 0.0470. The summed E-state index contributed by atoms with van der Waals surface area (Å²) in [4.78, 5) is 17.8. The Morgan fingerprint density at radius 2 is 2.19 bits per heavy atom. The van der Waals surface area contributed by atoms with Crippen LogP contribution in [0.1, 0.15) is 25.3 Å². The zero-order chi connectivity index (χ0) is 19.6. The zero-order valence-electron chi connectivity index (χ0n) is 15.8. The Kier molecular flexibility index (Phi) is 5.57. The summed E-state index contributed by atoms with van der Waals surface area (Å²) in [7, 11) is 2.95. The van der Waals surface area contributed by atoms with Crippen molar-refractivity contribution in [1.82, 2.24) is 9.88 Å². The summed E-state index contributed by atoms with van der Waals surface area (Å²) >= 11 is 1.39. The number of aliphatic hydroxyl groups excluding tert-OH is 1. The van der Waals surface area contributed by atoms with E-state index in [-0.39, 0.29) is 5.92 Å². The number of hydrogen-bond donors (Lipinski definition) is 1. The van der Waals surface area contributed by atoms with E-state index < -0.39 is 17.6 Å². The quantitative estimate of drug-likeness (QED) is 0.839. The van der Waals surface area contributed by atoms with Gasteiger partial charge in [0.15, 0.2) is 11.5 Å². The first-order valence-corrected chi connectivity index (χ1v) is 9.53. The van der Waals surface area contributed by atoms with Crippen LogP contribution in [0.2, 0.25) is 0 Å². The number of likely N-dealkylation sites (tertiary alicyclic amines) is 1. The van der Waals surface area contributed by atoms with Gasteiger partial charge < -0.3 is 24.2 Å². The summed E-state index contributed by atoms with van der Waals surface area (Å²) in [6, 6.07) is 5.67. The molecule has 0 bridgehead atoms. The molecule has 1 N–H and O–H groups in total. The normalized spacial score (nSPS) is 23.1. The number of amides is 1. The van der Waals surface area contributed by atoms with Crippen molar-refractivity contribution in [3.8, 4) is 16.7 Å². The summed E-state index contributed by atoms with van der Waals surface area (Å²) < 4.78 is 16.2. The number of methoxy groups -OCH3 is 2. The second-order valence-corrected chi connectivity index (χ2v) is 7.75. The molecule has 3 rings (SSSR count). The van der Waals surface area contributed by atoms with E-state index in [1.54, 1.807) is 25.1 Å². The van der Waals surface area contributed by atoms with Gasteiger partial charge in [-0.1, -0.05) is 24.3 Å². The van der Waals surface area contributed by atoms with Gasteiger partial charge in [-0.2, -0.15) is 0 Å². The number of ether oxygens (including phenoxy) is 3. The molecule has 7 nitrogen and oxygen atoms in total. The monoisotopic (exact) mass is 392 g/mol. The Morgan fingerprint density at radius 1 is 1.41 bits per heavy atom. The molecule has 3 unspecified atom stereocenters. The van der Waals surface area contributed by atoms with E-state index in [0.717, 1.165) is 5.56 Å². The number of nitrogens with zero attached hydrogens (tertiary/aromatic N) is 2. The van der Waals surface area contributed by atoms with Crippen LogP contribution in [0.15, 0.2) is 29.8 Å². The number of hydrogen-bond acceptors (Lipinski definition) is 7. The number of aliphatic hydroxyl groups is 1. The maximum Gasteiger partial charge on any atom is 0.409 e. The standard InChI is InChI=1S/C19H24N2O5S/c1-12(22)19(2)11-21(18(23)25-4)10-14(19)13-5-6-15(24-3)16(9-13)26-17-20-7-8-27-17/h5-9,12,14,22H,10-11H2,1-4H3. The van der Waals surface area contributed by atoms with Crippen LogP contribution in [0, 0.1) is 5.41 Å².